The summed E-state index contributed by atoms with van der Waals surface area (Å²) in [7, 11) is 0. The molecule has 6 heteroatoms. The summed E-state index contributed by atoms with van der Waals surface area (Å²) in [5.41, 5.74) is 5.72. The fourth-order valence-corrected chi connectivity index (χ4v) is 1.55. The first-order valence-electron chi connectivity index (χ1n) is 5.56. The van der Waals surface area contributed by atoms with Crippen molar-refractivity contribution >= 4 is 11.9 Å². The van der Waals surface area contributed by atoms with E-state index in [0.29, 0.717) is 0 Å². The molecule has 0 fully saturated rings. The Labute approximate surface area is 105 Å². The van der Waals surface area contributed by atoms with E-state index in [0.717, 1.165) is 5.56 Å². The molecule has 0 saturated heterocycles. The highest BCUT2D eigenvalue weighted by atomic mass is 16.3. The SMILES string of the molecule is CC(NC(CO)c1ccccc1)C(=O)NC(N)=O. The van der Waals surface area contributed by atoms with Crippen LogP contribution in [0.2, 0.25) is 0 Å². The highest BCUT2D eigenvalue weighted by Crippen LogP contribution is 2.12. The molecule has 98 valence electrons. The molecule has 1 rings (SSSR count). The van der Waals surface area contributed by atoms with E-state index in [9.17, 15) is 14.7 Å². The first kappa shape index (κ1) is 14.1. The zero-order valence-electron chi connectivity index (χ0n) is 10.1. The number of carbonyl (C=O) groups is 2. The van der Waals surface area contributed by atoms with Gasteiger partial charge in [-0.2, -0.15) is 0 Å². The van der Waals surface area contributed by atoms with Crippen LogP contribution < -0.4 is 16.4 Å². The van der Waals surface area contributed by atoms with Crippen molar-refractivity contribution in [2.24, 2.45) is 5.73 Å². The van der Waals surface area contributed by atoms with Crippen LogP contribution in [0.15, 0.2) is 30.3 Å². The van der Waals surface area contributed by atoms with Gasteiger partial charge in [-0.25, -0.2) is 4.79 Å². The highest BCUT2D eigenvalue weighted by Gasteiger charge is 2.19. The molecule has 0 heterocycles. The fourth-order valence-electron chi connectivity index (χ4n) is 1.55. The van der Waals surface area contributed by atoms with Crippen LogP contribution >= 0.6 is 0 Å². The molecule has 18 heavy (non-hydrogen) atoms. The molecule has 1 aromatic carbocycles. The van der Waals surface area contributed by atoms with Crippen molar-refractivity contribution < 1.29 is 14.7 Å². The molecule has 0 bridgehead atoms. The van der Waals surface area contributed by atoms with Crippen LogP contribution in [0.3, 0.4) is 0 Å². The smallest absolute Gasteiger partial charge is 0.318 e. The van der Waals surface area contributed by atoms with Gasteiger partial charge in [-0.3, -0.25) is 15.4 Å². The van der Waals surface area contributed by atoms with Crippen molar-refractivity contribution in [1.82, 2.24) is 10.6 Å². The monoisotopic (exact) mass is 251 g/mol. The van der Waals surface area contributed by atoms with Crippen LogP contribution in [-0.2, 0) is 4.79 Å². The van der Waals surface area contributed by atoms with Gasteiger partial charge in [0.1, 0.15) is 0 Å². The third kappa shape index (κ3) is 4.15. The van der Waals surface area contributed by atoms with Crippen molar-refractivity contribution in [1.29, 1.82) is 0 Å². The average molecular weight is 251 g/mol. The standard InChI is InChI=1S/C12H17N3O3/c1-8(11(17)15-12(13)18)14-10(7-16)9-5-3-2-4-6-9/h2-6,8,10,14,16H,7H2,1H3,(H3,13,15,17,18). The third-order valence-electron chi connectivity index (χ3n) is 2.48. The Morgan fingerprint density at radius 2 is 1.94 bits per heavy atom. The lowest BCUT2D eigenvalue weighted by Crippen LogP contribution is -2.47. The summed E-state index contributed by atoms with van der Waals surface area (Å²) in [6.07, 6.45) is 0. The molecule has 6 nitrogen and oxygen atoms in total. The lowest BCUT2D eigenvalue weighted by Gasteiger charge is -2.21. The molecule has 0 aromatic heterocycles. The molecule has 1 aromatic rings. The Kier molecular flexibility index (Phi) is 5.29. The number of aliphatic hydroxyl groups is 1. The highest BCUT2D eigenvalue weighted by molar-refractivity contribution is 5.96. The lowest BCUT2D eigenvalue weighted by molar-refractivity contribution is -0.121. The second-order valence-corrected chi connectivity index (χ2v) is 3.89. The van der Waals surface area contributed by atoms with Gasteiger partial charge in [0.25, 0.3) is 0 Å². The first-order valence-corrected chi connectivity index (χ1v) is 5.56. The molecular formula is C12H17N3O3. The fraction of sp³-hybridized carbons (Fsp3) is 0.333. The normalized spacial score (nSPS) is 13.7. The maximum atomic E-state index is 11.5. The van der Waals surface area contributed by atoms with E-state index < -0.39 is 18.0 Å². The number of carbonyl (C=O) groups excluding carboxylic acids is 2. The van der Waals surface area contributed by atoms with E-state index in [1.165, 1.54) is 0 Å². The molecule has 2 atom stereocenters. The number of aliphatic hydroxyl groups excluding tert-OH is 1. The zero-order chi connectivity index (χ0) is 13.5. The second kappa shape index (κ2) is 6.73. The zero-order valence-corrected chi connectivity index (χ0v) is 10.1. The summed E-state index contributed by atoms with van der Waals surface area (Å²) >= 11 is 0. The largest absolute Gasteiger partial charge is 0.394 e. The van der Waals surface area contributed by atoms with Crippen LogP contribution in [-0.4, -0.2) is 29.7 Å². The van der Waals surface area contributed by atoms with Gasteiger partial charge in [-0.15, -0.1) is 0 Å². The number of primary amides is 1. The Morgan fingerprint density at radius 1 is 1.33 bits per heavy atom. The van der Waals surface area contributed by atoms with Crippen molar-refractivity contribution in [3.63, 3.8) is 0 Å². The number of hydrogen-bond acceptors (Lipinski definition) is 4. The van der Waals surface area contributed by atoms with Crippen LogP contribution in [0.4, 0.5) is 4.79 Å². The number of hydrogen-bond donors (Lipinski definition) is 4. The van der Waals surface area contributed by atoms with E-state index in [2.05, 4.69) is 5.32 Å². The Morgan fingerprint density at radius 3 is 2.44 bits per heavy atom. The van der Waals surface area contributed by atoms with Crippen LogP contribution in [0.1, 0.15) is 18.5 Å². The Hall–Kier alpha value is -1.92. The molecule has 5 N–H and O–H groups in total. The Bertz CT molecular complexity index is 408. The van der Waals surface area contributed by atoms with Crippen LogP contribution in [0.5, 0.6) is 0 Å². The third-order valence-corrected chi connectivity index (χ3v) is 2.48. The molecule has 3 amide bonds. The summed E-state index contributed by atoms with van der Waals surface area (Å²) in [5, 5.41) is 14.2. The lowest BCUT2D eigenvalue weighted by atomic mass is 10.1. The molecule has 0 radical (unpaired) electrons. The number of rotatable bonds is 5. The van der Waals surface area contributed by atoms with Gasteiger partial charge < -0.3 is 10.8 Å². The number of amides is 3. The predicted octanol–water partition coefficient (Wildman–Crippen LogP) is -0.107. The molecule has 0 aliphatic rings. The van der Waals surface area contributed by atoms with Gasteiger partial charge in [0, 0.05) is 0 Å². The topological polar surface area (TPSA) is 104 Å². The van der Waals surface area contributed by atoms with Crippen molar-refractivity contribution in [3.8, 4) is 0 Å². The molecule has 2 unspecified atom stereocenters. The summed E-state index contributed by atoms with van der Waals surface area (Å²) < 4.78 is 0. The number of imide groups is 1. The number of benzene rings is 1. The number of nitrogens with two attached hydrogens (primary N) is 1. The Balaban J connectivity index is 2.64. The summed E-state index contributed by atoms with van der Waals surface area (Å²) in [4.78, 5) is 22.0. The van der Waals surface area contributed by atoms with E-state index >= 15 is 0 Å². The molecular weight excluding hydrogens is 234 g/mol. The summed E-state index contributed by atoms with van der Waals surface area (Å²) in [6.45, 7) is 1.43. The minimum atomic E-state index is -0.895. The second-order valence-electron chi connectivity index (χ2n) is 3.89. The van der Waals surface area contributed by atoms with E-state index in [1.54, 1.807) is 6.92 Å². The van der Waals surface area contributed by atoms with Gasteiger partial charge in [-0.1, -0.05) is 30.3 Å². The number of urea groups is 1. The van der Waals surface area contributed by atoms with Gasteiger partial charge in [-0.05, 0) is 12.5 Å². The maximum Gasteiger partial charge on any atom is 0.318 e. The van der Waals surface area contributed by atoms with Crippen LogP contribution in [0, 0.1) is 0 Å². The van der Waals surface area contributed by atoms with Crippen molar-refractivity contribution in [2.45, 2.75) is 19.0 Å². The van der Waals surface area contributed by atoms with Gasteiger partial charge in [0.15, 0.2) is 0 Å². The molecule has 0 aliphatic heterocycles. The first-order chi connectivity index (χ1) is 8.54. The minimum absolute atomic E-state index is 0.155. The van der Waals surface area contributed by atoms with E-state index in [-0.39, 0.29) is 12.6 Å². The quantitative estimate of drug-likeness (QED) is 0.586. The number of nitrogens with one attached hydrogen (secondary N) is 2. The average Bonchev–Trinajstić information content (AvgIpc) is 2.35. The van der Waals surface area contributed by atoms with E-state index in [1.807, 2.05) is 35.6 Å². The molecule has 0 spiro atoms. The predicted molar refractivity (Wildman–Crippen MR) is 66.6 cm³/mol. The minimum Gasteiger partial charge on any atom is -0.394 e. The van der Waals surface area contributed by atoms with Crippen LogP contribution in [0.25, 0.3) is 0 Å². The van der Waals surface area contributed by atoms with E-state index in [4.69, 9.17) is 5.73 Å². The summed E-state index contributed by atoms with van der Waals surface area (Å²) in [6, 6.07) is 7.31. The van der Waals surface area contributed by atoms with Gasteiger partial charge >= 0.3 is 6.03 Å². The molecule has 0 aliphatic carbocycles. The van der Waals surface area contributed by atoms with Crippen molar-refractivity contribution in [2.75, 3.05) is 6.61 Å². The van der Waals surface area contributed by atoms with Gasteiger partial charge in [0.05, 0.1) is 18.7 Å². The molecule has 0 saturated carbocycles. The summed E-state index contributed by atoms with van der Waals surface area (Å²) in [5.74, 6) is -0.531. The van der Waals surface area contributed by atoms with Gasteiger partial charge in [0.2, 0.25) is 5.91 Å². The maximum absolute atomic E-state index is 11.5. The van der Waals surface area contributed by atoms with Crippen molar-refractivity contribution in [3.05, 3.63) is 35.9 Å².